The van der Waals surface area contributed by atoms with Crippen LogP contribution in [0.4, 0.5) is 5.82 Å². The van der Waals surface area contributed by atoms with Gasteiger partial charge in [0.25, 0.3) is 0 Å². The Kier molecular flexibility index (Phi) is 5.57. The Morgan fingerprint density at radius 3 is 2.52 bits per heavy atom. The monoisotopic (exact) mass is 345 g/mol. The number of carbonyl (C=O) groups is 1. The van der Waals surface area contributed by atoms with Gasteiger partial charge in [0.05, 0.1) is 5.92 Å². The Morgan fingerprint density at radius 2 is 1.84 bits per heavy atom. The zero-order valence-corrected chi connectivity index (χ0v) is 16.0. The van der Waals surface area contributed by atoms with E-state index in [0.29, 0.717) is 11.9 Å². The molecular formula is C19H31N5O. The molecule has 0 bridgehead atoms. The first kappa shape index (κ1) is 18.1. The number of hydrogen-bond donors (Lipinski definition) is 0. The molecule has 0 aliphatic carbocycles. The summed E-state index contributed by atoms with van der Waals surface area (Å²) in [6.45, 7) is 13.9. The van der Waals surface area contributed by atoms with Gasteiger partial charge in [-0.2, -0.15) is 0 Å². The number of piperazine rings is 1. The fourth-order valence-corrected chi connectivity index (χ4v) is 3.92. The molecule has 3 heterocycles. The molecule has 0 spiro atoms. The number of likely N-dealkylation sites (tertiary alicyclic amines) is 1. The van der Waals surface area contributed by atoms with Gasteiger partial charge in [-0.05, 0) is 47.1 Å². The fraction of sp³-hybridized carbons (Fsp3) is 0.737. The lowest BCUT2D eigenvalue weighted by Gasteiger charge is -2.40. The third-order valence-electron chi connectivity index (χ3n) is 5.73. The maximum absolute atomic E-state index is 12.9. The number of nitrogens with zero attached hydrogens (tertiary/aromatic N) is 5. The summed E-state index contributed by atoms with van der Waals surface area (Å²) >= 11 is 0. The maximum atomic E-state index is 12.9. The molecule has 138 valence electrons. The first-order chi connectivity index (χ1) is 12.0. The summed E-state index contributed by atoms with van der Waals surface area (Å²) in [5, 5.41) is 0. The molecule has 3 rings (SSSR count). The summed E-state index contributed by atoms with van der Waals surface area (Å²) in [5.41, 5.74) is 2.17. The second-order valence-electron chi connectivity index (χ2n) is 7.65. The lowest BCUT2D eigenvalue weighted by Crippen LogP contribution is -2.53. The van der Waals surface area contributed by atoms with Gasteiger partial charge in [0.15, 0.2) is 0 Å². The van der Waals surface area contributed by atoms with E-state index >= 15 is 0 Å². The van der Waals surface area contributed by atoms with Crippen LogP contribution in [0.25, 0.3) is 0 Å². The summed E-state index contributed by atoms with van der Waals surface area (Å²) in [7, 11) is 0. The summed E-state index contributed by atoms with van der Waals surface area (Å²) in [5.74, 6) is 1.54. The summed E-state index contributed by atoms with van der Waals surface area (Å²) in [6, 6.07) is 0.524. The van der Waals surface area contributed by atoms with Crippen molar-refractivity contribution in [1.82, 2.24) is 19.8 Å². The van der Waals surface area contributed by atoms with Crippen molar-refractivity contribution >= 4 is 11.7 Å². The predicted molar refractivity (Wildman–Crippen MR) is 99.7 cm³/mol. The van der Waals surface area contributed by atoms with Crippen LogP contribution in [-0.4, -0.2) is 71.0 Å². The molecule has 25 heavy (non-hydrogen) atoms. The Hall–Kier alpha value is -1.69. The number of piperidine rings is 1. The van der Waals surface area contributed by atoms with Crippen molar-refractivity contribution < 1.29 is 4.79 Å². The predicted octanol–water partition coefficient (Wildman–Crippen LogP) is 1.86. The number of aromatic nitrogens is 2. The highest BCUT2D eigenvalue weighted by Crippen LogP contribution is 2.23. The van der Waals surface area contributed by atoms with Crippen LogP contribution < -0.4 is 4.90 Å². The van der Waals surface area contributed by atoms with Gasteiger partial charge in [-0.25, -0.2) is 9.97 Å². The topological polar surface area (TPSA) is 52.6 Å². The van der Waals surface area contributed by atoms with E-state index in [1.807, 2.05) is 6.92 Å². The van der Waals surface area contributed by atoms with Crippen LogP contribution in [0.1, 0.15) is 37.9 Å². The molecule has 6 nitrogen and oxygen atoms in total. The summed E-state index contributed by atoms with van der Waals surface area (Å²) in [4.78, 5) is 28.4. The average molecular weight is 345 g/mol. The highest BCUT2D eigenvalue weighted by Gasteiger charge is 2.32. The Morgan fingerprint density at radius 1 is 1.12 bits per heavy atom. The number of anilines is 1. The molecule has 0 N–H and O–H groups in total. The highest BCUT2D eigenvalue weighted by molar-refractivity contribution is 5.79. The van der Waals surface area contributed by atoms with Crippen LogP contribution in [0.2, 0.25) is 0 Å². The fourth-order valence-electron chi connectivity index (χ4n) is 3.92. The Bertz CT molecular complexity index is 610. The molecule has 0 radical (unpaired) electrons. The molecule has 2 aliphatic heterocycles. The maximum Gasteiger partial charge on any atom is 0.227 e. The van der Waals surface area contributed by atoms with Gasteiger partial charge >= 0.3 is 0 Å². The summed E-state index contributed by atoms with van der Waals surface area (Å²) in [6.07, 6.45) is 3.80. The van der Waals surface area contributed by atoms with Gasteiger partial charge in [-0.1, -0.05) is 0 Å². The minimum Gasteiger partial charge on any atom is -0.353 e. The van der Waals surface area contributed by atoms with E-state index in [1.165, 1.54) is 0 Å². The van der Waals surface area contributed by atoms with Gasteiger partial charge < -0.3 is 14.7 Å². The van der Waals surface area contributed by atoms with Crippen molar-refractivity contribution in [3.63, 3.8) is 0 Å². The van der Waals surface area contributed by atoms with Crippen LogP contribution in [0.5, 0.6) is 0 Å². The van der Waals surface area contributed by atoms with Gasteiger partial charge in [0.1, 0.15) is 12.1 Å². The van der Waals surface area contributed by atoms with Gasteiger partial charge in [-0.3, -0.25) is 4.79 Å². The SMILES string of the molecule is Cc1ncnc(N2CCN(C(=O)C3CCCN(C(C)C)C3)CC2)c1C. The second-order valence-corrected chi connectivity index (χ2v) is 7.65. The van der Waals surface area contributed by atoms with E-state index < -0.39 is 0 Å². The minimum atomic E-state index is 0.172. The standard InChI is InChI=1S/C19H31N5O/c1-14(2)24-7-5-6-17(12-24)19(25)23-10-8-22(9-11-23)18-15(3)16(4)20-13-21-18/h13-14,17H,5-12H2,1-4H3. The first-order valence-electron chi connectivity index (χ1n) is 9.53. The van der Waals surface area contributed by atoms with Crippen molar-refractivity contribution in [3.05, 3.63) is 17.6 Å². The molecule has 0 aromatic carbocycles. The molecule has 2 aliphatic rings. The first-order valence-corrected chi connectivity index (χ1v) is 9.53. The number of amides is 1. The van der Waals surface area contributed by atoms with Crippen LogP contribution in [0, 0.1) is 19.8 Å². The number of carbonyl (C=O) groups excluding carboxylic acids is 1. The lowest BCUT2D eigenvalue weighted by atomic mass is 9.95. The minimum absolute atomic E-state index is 0.172. The van der Waals surface area contributed by atoms with Crippen molar-refractivity contribution in [2.75, 3.05) is 44.2 Å². The molecule has 2 fully saturated rings. The van der Waals surface area contributed by atoms with Gasteiger partial charge in [0, 0.05) is 50.0 Å². The van der Waals surface area contributed by atoms with E-state index in [1.54, 1.807) is 6.33 Å². The molecule has 6 heteroatoms. The van der Waals surface area contributed by atoms with Crippen LogP contribution in [0.15, 0.2) is 6.33 Å². The lowest BCUT2D eigenvalue weighted by molar-refractivity contribution is -0.137. The van der Waals surface area contributed by atoms with Gasteiger partial charge in [-0.15, -0.1) is 0 Å². The zero-order valence-electron chi connectivity index (χ0n) is 16.0. The number of rotatable bonds is 3. The molecule has 2 saturated heterocycles. The van der Waals surface area contributed by atoms with E-state index in [9.17, 15) is 4.79 Å². The molecule has 1 aromatic heterocycles. The molecule has 1 amide bonds. The van der Waals surface area contributed by atoms with Crippen molar-refractivity contribution in [2.45, 2.75) is 46.6 Å². The highest BCUT2D eigenvalue weighted by atomic mass is 16.2. The smallest absolute Gasteiger partial charge is 0.227 e. The van der Waals surface area contributed by atoms with Gasteiger partial charge in [0.2, 0.25) is 5.91 Å². The van der Waals surface area contributed by atoms with Crippen LogP contribution in [-0.2, 0) is 4.79 Å². The van der Waals surface area contributed by atoms with Crippen LogP contribution >= 0.6 is 0 Å². The molecule has 1 unspecified atom stereocenters. The quantitative estimate of drug-likeness (QED) is 0.837. The average Bonchev–Trinajstić information content (AvgIpc) is 2.63. The molecular weight excluding hydrogens is 314 g/mol. The molecule has 1 atom stereocenters. The molecule has 0 saturated carbocycles. The van der Waals surface area contributed by atoms with E-state index in [-0.39, 0.29) is 5.92 Å². The third-order valence-corrected chi connectivity index (χ3v) is 5.73. The number of hydrogen-bond acceptors (Lipinski definition) is 5. The van der Waals surface area contributed by atoms with Crippen molar-refractivity contribution in [3.8, 4) is 0 Å². The van der Waals surface area contributed by atoms with Crippen molar-refractivity contribution in [2.24, 2.45) is 5.92 Å². The largest absolute Gasteiger partial charge is 0.353 e. The normalized spacial score (nSPS) is 22.5. The third kappa shape index (κ3) is 3.94. The van der Waals surface area contributed by atoms with E-state index in [2.05, 4.69) is 45.4 Å². The Balaban J connectivity index is 1.58. The van der Waals surface area contributed by atoms with E-state index in [4.69, 9.17) is 0 Å². The van der Waals surface area contributed by atoms with E-state index in [0.717, 1.165) is 69.2 Å². The zero-order chi connectivity index (χ0) is 18.0. The second kappa shape index (κ2) is 7.68. The van der Waals surface area contributed by atoms with Crippen molar-refractivity contribution in [1.29, 1.82) is 0 Å². The van der Waals surface area contributed by atoms with Crippen LogP contribution in [0.3, 0.4) is 0 Å². The summed E-state index contributed by atoms with van der Waals surface area (Å²) < 4.78 is 0. The Labute approximate surface area is 151 Å². The number of aryl methyl sites for hydroxylation is 1. The molecule has 1 aromatic rings.